The standard InChI is InChI=1S/C12H23O2P.C12H9.ClH.Cu/c13-15(12-9-5-2-6-10-12)14-11-7-3-1-4-8-11;1-3-7-11(8-4-1)12-9-5-2-6-10-12;;/h11-13H,1-10H2;1-9H;1H;. The summed E-state index contributed by atoms with van der Waals surface area (Å²) in [6, 6.07) is 18.2. The average molecular weight is 483 g/mol. The molecule has 0 aliphatic heterocycles. The van der Waals surface area contributed by atoms with E-state index in [1.807, 2.05) is 42.5 Å². The van der Waals surface area contributed by atoms with Crippen molar-refractivity contribution in [1.29, 1.82) is 0 Å². The van der Waals surface area contributed by atoms with Crippen molar-refractivity contribution in [3.05, 3.63) is 54.6 Å². The van der Waals surface area contributed by atoms with Gasteiger partial charge in [0.05, 0.1) is 6.10 Å². The first-order chi connectivity index (χ1) is 13.7. The van der Waals surface area contributed by atoms with E-state index in [9.17, 15) is 4.89 Å². The Morgan fingerprint density at radius 1 is 0.759 bits per heavy atom. The van der Waals surface area contributed by atoms with Gasteiger partial charge in [0, 0.05) is 5.66 Å². The first-order valence-electron chi connectivity index (χ1n) is 10.6. The zero-order valence-electron chi connectivity index (χ0n) is 16.9. The summed E-state index contributed by atoms with van der Waals surface area (Å²) in [5.74, 6) is 0. The first-order valence-corrected chi connectivity index (χ1v) is 12.4. The third-order valence-electron chi connectivity index (χ3n) is 5.62. The van der Waals surface area contributed by atoms with Gasteiger partial charge >= 0.3 is 86.2 Å². The Labute approximate surface area is 192 Å². The third-order valence-corrected chi connectivity index (χ3v) is 7.69. The second kappa shape index (κ2) is 13.8. The number of benzene rings is 2. The average Bonchev–Trinajstić information content (AvgIpc) is 2.76. The van der Waals surface area contributed by atoms with Gasteiger partial charge in [-0.3, -0.25) is 0 Å². The van der Waals surface area contributed by atoms with Gasteiger partial charge < -0.3 is 9.42 Å². The van der Waals surface area contributed by atoms with Crippen LogP contribution in [0.4, 0.5) is 0 Å². The summed E-state index contributed by atoms with van der Waals surface area (Å²) in [6.07, 6.45) is 13.0. The van der Waals surface area contributed by atoms with Crippen LogP contribution >= 0.6 is 20.8 Å². The molecule has 2 saturated carbocycles. The first kappa shape index (κ1) is 24.9. The van der Waals surface area contributed by atoms with Crippen molar-refractivity contribution < 1.29 is 25.4 Å². The van der Waals surface area contributed by atoms with Gasteiger partial charge in [-0.1, -0.05) is 38.5 Å². The minimum absolute atomic E-state index is 0. The number of hydrogen-bond acceptors (Lipinski definition) is 2. The fraction of sp³-hybridized carbons (Fsp3) is 0.500. The van der Waals surface area contributed by atoms with E-state index in [4.69, 9.17) is 20.5 Å². The maximum absolute atomic E-state index is 10.1. The van der Waals surface area contributed by atoms with E-state index in [0.29, 0.717) is 11.8 Å². The van der Waals surface area contributed by atoms with E-state index in [0.717, 1.165) is 10.0 Å². The molecule has 1 atom stereocenters. The van der Waals surface area contributed by atoms with E-state index < -0.39 is 8.38 Å². The summed E-state index contributed by atoms with van der Waals surface area (Å²) in [6.45, 7) is 0. The molecule has 29 heavy (non-hydrogen) atoms. The fourth-order valence-corrected chi connectivity index (χ4v) is 5.80. The van der Waals surface area contributed by atoms with Gasteiger partial charge in [-0.2, -0.15) is 0 Å². The molecule has 2 aliphatic carbocycles. The van der Waals surface area contributed by atoms with E-state index >= 15 is 0 Å². The summed E-state index contributed by atoms with van der Waals surface area (Å²) in [5, 5.41) is 0. The Balaban J connectivity index is 0.000000202. The SMILES string of the molecule is Cl.OP(OC1CCCCC1)C1CCCCC1.[Cu][c]1ccccc1-c1ccccc1. The molecule has 1 unspecified atom stereocenters. The van der Waals surface area contributed by atoms with Crippen molar-refractivity contribution >= 4 is 25.2 Å². The second-order valence-corrected chi connectivity index (χ2v) is 9.82. The summed E-state index contributed by atoms with van der Waals surface area (Å²) in [4.78, 5) is 10.1. The molecule has 2 nitrogen and oxygen atoms in total. The van der Waals surface area contributed by atoms with Crippen molar-refractivity contribution in [3.8, 4) is 11.1 Å². The molecular weight excluding hydrogens is 450 g/mol. The monoisotopic (exact) mass is 482 g/mol. The summed E-state index contributed by atoms with van der Waals surface area (Å²) in [7, 11) is -1.12. The topological polar surface area (TPSA) is 29.5 Å². The van der Waals surface area contributed by atoms with Crippen molar-refractivity contribution in [2.45, 2.75) is 76.0 Å². The summed E-state index contributed by atoms with van der Waals surface area (Å²) in [5.41, 5.74) is 2.79. The molecule has 2 fully saturated rings. The fourth-order valence-electron chi connectivity index (χ4n) is 4.00. The molecular formula is C24H33ClCuO2P. The molecule has 0 amide bonds. The molecule has 0 aromatic heterocycles. The minimum atomic E-state index is -1.12. The predicted molar refractivity (Wildman–Crippen MR) is 123 cm³/mol. The molecule has 0 saturated heterocycles. The van der Waals surface area contributed by atoms with Crippen LogP contribution in [-0.4, -0.2) is 16.7 Å². The molecule has 4 rings (SSSR count). The van der Waals surface area contributed by atoms with Gasteiger partial charge in [0.2, 0.25) is 0 Å². The zero-order valence-corrected chi connectivity index (χ0v) is 19.6. The molecule has 2 aliphatic rings. The second-order valence-electron chi connectivity index (χ2n) is 7.76. The van der Waals surface area contributed by atoms with Crippen LogP contribution in [-0.2, 0) is 20.5 Å². The molecule has 0 bridgehead atoms. The van der Waals surface area contributed by atoms with Crippen LogP contribution in [0.1, 0.15) is 64.2 Å². The molecule has 0 heterocycles. The third kappa shape index (κ3) is 8.33. The van der Waals surface area contributed by atoms with Gasteiger partial charge in [-0.05, 0) is 25.7 Å². The van der Waals surface area contributed by atoms with Crippen LogP contribution in [0, 0.1) is 0 Å². The van der Waals surface area contributed by atoms with Gasteiger partial charge in [0.25, 0.3) is 0 Å². The molecule has 1 N–H and O–H groups in total. The molecule has 2 aromatic carbocycles. The van der Waals surface area contributed by atoms with Gasteiger partial charge in [0.1, 0.15) is 0 Å². The Kier molecular flexibility index (Phi) is 11.8. The molecule has 164 valence electrons. The van der Waals surface area contributed by atoms with Crippen molar-refractivity contribution in [3.63, 3.8) is 0 Å². The van der Waals surface area contributed by atoms with Crippen LogP contribution in [0.5, 0.6) is 0 Å². The van der Waals surface area contributed by atoms with E-state index in [1.165, 1.54) is 69.8 Å². The normalized spacial score (nSPS) is 18.9. The van der Waals surface area contributed by atoms with E-state index in [-0.39, 0.29) is 12.4 Å². The van der Waals surface area contributed by atoms with Crippen molar-refractivity contribution in [2.75, 3.05) is 0 Å². The van der Waals surface area contributed by atoms with Crippen LogP contribution < -0.4 is 4.46 Å². The molecule has 5 heteroatoms. The van der Waals surface area contributed by atoms with Crippen molar-refractivity contribution in [1.82, 2.24) is 0 Å². The summed E-state index contributed by atoms with van der Waals surface area (Å²) < 4.78 is 6.74. The number of halogens is 1. The maximum atomic E-state index is 10.1. The van der Waals surface area contributed by atoms with E-state index in [2.05, 4.69) is 12.1 Å². The Morgan fingerprint density at radius 2 is 1.31 bits per heavy atom. The van der Waals surface area contributed by atoms with E-state index in [1.54, 1.807) is 0 Å². The number of rotatable bonds is 4. The molecule has 0 radical (unpaired) electrons. The zero-order chi connectivity index (χ0) is 19.6. The van der Waals surface area contributed by atoms with Crippen molar-refractivity contribution in [2.24, 2.45) is 0 Å². The van der Waals surface area contributed by atoms with Gasteiger partial charge in [-0.25, -0.2) is 0 Å². The summed E-state index contributed by atoms with van der Waals surface area (Å²) >= 11 is 5.39. The Bertz CT molecular complexity index is 688. The Morgan fingerprint density at radius 3 is 1.93 bits per heavy atom. The van der Waals surface area contributed by atoms with Crippen LogP contribution in [0.15, 0.2) is 54.6 Å². The quantitative estimate of drug-likeness (QED) is 0.378. The van der Waals surface area contributed by atoms with Crippen LogP contribution in [0.3, 0.4) is 0 Å². The number of hydrogen-bond donors (Lipinski definition) is 1. The van der Waals surface area contributed by atoms with Crippen LogP contribution in [0.2, 0.25) is 0 Å². The molecule has 2 aromatic rings. The van der Waals surface area contributed by atoms with Gasteiger partial charge in [0.15, 0.2) is 8.38 Å². The van der Waals surface area contributed by atoms with Gasteiger partial charge in [-0.15, -0.1) is 12.4 Å². The predicted octanol–water partition coefficient (Wildman–Crippen LogP) is 6.92. The van der Waals surface area contributed by atoms with Crippen LogP contribution in [0.25, 0.3) is 11.1 Å². The Hall–Kier alpha value is -0.401. The molecule has 0 spiro atoms.